The van der Waals surface area contributed by atoms with Crippen molar-refractivity contribution in [3.8, 4) is 17.4 Å². The fraction of sp³-hybridized carbons (Fsp3) is 0.270. The number of amides is 2. The molecule has 0 bridgehead atoms. The number of aryl methyl sites for hydroxylation is 2. The Labute approximate surface area is 306 Å². The van der Waals surface area contributed by atoms with Crippen LogP contribution in [0.15, 0.2) is 85.1 Å². The molecule has 0 unspecified atom stereocenters. The number of rotatable bonds is 9. The number of carbonyl (C=O) groups is 2. The molecule has 0 atom stereocenters. The first kappa shape index (κ1) is 38.2. The number of piperazine rings is 1. The molecular formula is C37H35BrF5N5O4. The van der Waals surface area contributed by atoms with Gasteiger partial charge in [-0.05, 0) is 72.6 Å². The van der Waals surface area contributed by atoms with Crippen LogP contribution in [0.25, 0.3) is 10.9 Å². The van der Waals surface area contributed by atoms with Crippen LogP contribution in [-0.4, -0.2) is 71.0 Å². The van der Waals surface area contributed by atoms with Crippen molar-refractivity contribution in [3.63, 3.8) is 0 Å². The molecule has 6 rings (SSSR count). The van der Waals surface area contributed by atoms with Gasteiger partial charge in [0.15, 0.2) is 0 Å². The SMILES string of the molecule is Br.Cc1c(C(=O)N2CCN(Cc3ccc(OC(F)F)cc3)CC2)n(C)c2cc(Oc3ccc(N(C)C(=O)c4ccc(C(F)(F)F)cc4)cn3)ccc12. The number of benzene rings is 3. The quantitative estimate of drug-likeness (QED) is 0.141. The van der Waals surface area contributed by atoms with Crippen molar-refractivity contribution in [1.29, 1.82) is 0 Å². The van der Waals surface area contributed by atoms with Crippen molar-refractivity contribution in [1.82, 2.24) is 19.4 Å². The molecule has 2 amide bonds. The van der Waals surface area contributed by atoms with Gasteiger partial charge in [-0.15, -0.1) is 17.0 Å². The summed E-state index contributed by atoms with van der Waals surface area (Å²) in [6, 6.07) is 19.3. The van der Waals surface area contributed by atoms with Crippen LogP contribution in [0.2, 0.25) is 0 Å². The highest BCUT2D eigenvalue weighted by Crippen LogP contribution is 2.32. The summed E-state index contributed by atoms with van der Waals surface area (Å²) >= 11 is 0. The highest BCUT2D eigenvalue weighted by atomic mass is 79.9. The third kappa shape index (κ3) is 8.37. The van der Waals surface area contributed by atoms with Gasteiger partial charge in [-0.1, -0.05) is 12.1 Å². The molecule has 0 spiro atoms. The lowest BCUT2D eigenvalue weighted by Crippen LogP contribution is -2.48. The van der Waals surface area contributed by atoms with E-state index in [0.29, 0.717) is 49.9 Å². The minimum Gasteiger partial charge on any atom is -0.439 e. The van der Waals surface area contributed by atoms with Gasteiger partial charge < -0.3 is 23.8 Å². The fourth-order valence-corrected chi connectivity index (χ4v) is 6.13. The van der Waals surface area contributed by atoms with Crippen molar-refractivity contribution in [3.05, 3.63) is 113 Å². The average molecular weight is 789 g/mol. The van der Waals surface area contributed by atoms with Crippen molar-refractivity contribution in [2.24, 2.45) is 7.05 Å². The van der Waals surface area contributed by atoms with Gasteiger partial charge in [0.1, 0.15) is 17.2 Å². The fourth-order valence-electron chi connectivity index (χ4n) is 6.13. The number of hydrogen-bond donors (Lipinski definition) is 0. The van der Waals surface area contributed by atoms with E-state index in [1.807, 2.05) is 35.6 Å². The summed E-state index contributed by atoms with van der Waals surface area (Å²) in [4.78, 5) is 36.3. The lowest BCUT2D eigenvalue weighted by Gasteiger charge is -2.35. The Morgan fingerprint density at radius 3 is 2.15 bits per heavy atom. The molecule has 3 aromatic carbocycles. The molecule has 1 fully saturated rings. The van der Waals surface area contributed by atoms with E-state index in [1.165, 1.54) is 30.3 Å². The van der Waals surface area contributed by atoms with Crippen LogP contribution in [0.5, 0.6) is 17.4 Å². The van der Waals surface area contributed by atoms with Crippen molar-refractivity contribution in [2.75, 3.05) is 38.1 Å². The Bertz CT molecular complexity index is 2030. The van der Waals surface area contributed by atoms with Crippen LogP contribution in [-0.2, 0) is 19.8 Å². The summed E-state index contributed by atoms with van der Waals surface area (Å²) < 4.78 is 75.9. The third-order valence-electron chi connectivity index (χ3n) is 8.94. The molecule has 274 valence electrons. The number of pyridine rings is 1. The minimum absolute atomic E-state index is 0. The maximum atomic E-state index is 13.8. The van der Waals surface area contributed by atoms with Gasteiger partial charge in [0.25, 0.3) is 11.8 Å². The zero-order chi connectivity index (χ0) is 36.4. The molecule has 0 aliphatic carbocycles. The van der Waals surface area contributed by atoms with Gasteiger partial charge >= 0.3 is 12.8 Å². The topological polar surface area (TPSA) is 80.1 Å². The molecule has 52 heavy (non-hydrogen) atoms. The minimum atomic E-state index is -4.49. The average Bonchev–Trinajstić information content (AvgIpc) is 3.36. The lowest BCUT2D eigenvalue weighted by atomic mass is 10.1. The summed E-state index contributed by atoms with van der Waals surface area (Å²) in [5.41, 5.74) is 2.86. The van der Waals surface area contributed by atoms with E-state index >= 15 is 0 Å². The van der Waals surface area contributed by atoms with Crippen LogP contribution in [0.4, 0.5) is 27.6 Å². The summed E-state index contributed by atoms with van der Waals surface area (Å²) in [6.07, 6.45) is -3.06. The monoisotopic (exact) mass is 787 g/mol. The first-order valence-corrected chi connectivity index (χ1v) is 16.0. The number of nitrogens with zero attached hydrogens (tertiary/aromatic N) is 5. The zero-order valence-electron chi connectivity index (χ0n) is 28.4. The zero-order valence-corrected chi connectivity index (χ0v) is 30.1. The van der Waals surface area contributed by atoms with Crippen LogP contribution in [0, 0.1) is 6.92 Å². The highest BCUT2D eigenvalue weighted by Gasteiger charge is 2.31. The van der Waals surface area contributed by atoms with Crippen LogP contribution >= 0.6 is 17.0 Å². The van der Waals surface area contributed by atoms with Gasteiger partial charge in [0.2, 0.25) is 5.88 Å². The van der Waals surface area contributed by atoms with Gasteiger partial charge in [-0.3, -0.25) is 14.5 Å². The first-order valence-electron chi connectivity index (χ1n) is 16.0. The normalized spacial score (nSPS) is 13.6. The molecule has 15 heteroatoms. The standard InChI is InChI=1S/C37H34F5N5O4.BrH/c1-23-30-14-13-29(50-32-15-10-27(21-43-32)44(2)34(48)25-6-8-26(9-7-25)37(40,41)42)20-31(30)45(3)33(23)35(49)47-18-16-46(17-19-47)22-24-4-11-28(12-5-24)51-36(38)39;/h4-15,20-21,36H,16-19,22H2,1-3H3;1H. The maximum Gasteiger partial charge on any atom is 0.416 e. The number of fused-ring (bicyclic) bond motifs is 1. The summed E-state index contributed by atoms with van der Waals surface area (Å²) in [6.45, 7) is 2.06. The number of ether oxygens (including phenoxy) is 2. The second kappa shape index (κ2) is 15.7. The smallest absolute Gasteiger partial charge is 0.416 e. The molecular weight excluding hydrogens is 753 g/mol. The van der Waals surface area contributed by atoms with Crippen molar-refractivity contribution < 1.29 is 41.0 Å². The van der Waals surface area contributed by atoms with Crippen LogP contribution < -0.4 is 14.4 Å². The van der Waals surface area contributed by atoms with E-state index in [1.54, 1.807) is 30.3 Å². The highest BCUT2D eigenvalue weighted by molar-refractivity contribution is 8.93. The van der Waals surface area contributed by atoms with E-state index in [4.69, 9.17) is 4.74 Å². The van der Waals surface area contributed by atoms with E-state index in [-0.39, 0.29) is 40.1 Å². The van der Waals surface area contributed by atoms with Crippen molar-refractivity contribution in [2.45, 2.75) is 26.3 Å². The van der Waals surface area contributed by atoms with Crippen LogP contribution in [0.1, 0.15) is 37.5 Å². The molecule has 9 nitrogen and oxygen atoms in total. The Hall–Kier alpha value is -5.02. The first-order chi connectivity index (χ1) is 24.3. The Balaban J connectivity index is 0.00000523. The number of anilines is 1. The predicted octanol–water partition coefficient (Wildman–Crippen LogP) is 8.11. The molecule has 1 aliphatic heterocycles. The van der Waals surface area contributed by atoms with E-state index < -0.39 is 24.3 Å². The van der Waals surface area contributed by atoms with E-state index in [0.717, 1.165) is 46.3 Å². The van der Waals surface area contributed by atoms with E-state index in [2.05, 4.69) is 14.6 Å². The van der Waals surface area contributed by atoms with Gasteiger partial charge in [0, 0.05) is 69.9 Å². The third-order valence-corrected chi connectivity index (χ3v) is 8.94. The summed E-state index contributed by atoms with van der Waals surface area (Å²) in [5, 5.41) is 0.901. The molecule has 2 aromatic heterocycles. The predicted molar refractivity (Wildman–Crippen MR) is 191 cm³/mol. The molecule has 0 radical (unpaired) electrons. The number of hydrogen-bond acceptors (Lipinski definition) is 6. The van der Waals surface area contributed by atoms with Crippen molar-refractivity contribution >= 4 is 45.4 Å². The number of aromatic nitrogens is 2. The Kier molecular flexibility index (Phi) is 11.5. The Morgan fingerprint density at radius 1 is 0.904 bits per heavy atom. The molecule has 5 aromatic rings. The lowest BCUT2D eigenvalue weighted by molar-refractivity contribution is -0.137. The molecule has 3 heterocycles. The van der Waals surface area contributed by atoms with Gasteiger partial charge in [0.05, 0.1) is 23.0 Å². The molecule has 0 N–H and O–H groups in total. The molecule has 1 saturated heterocycles. The van der Waals surface area contributed by atoms with Gasteiger partial charge in [-0.2, -0.15) is 22.0 Å². The summed E-state index contributed by atoms with van der Waals surface area (Å²) in [5.74, 6) is 0.281. The van der Waals surface area contributed by atoms with E-state index in [9.17, 15) is 31.5 Å². The number of alkyl halides is 5. The molecule has 0 saturated carbocycles. The van der Waals surface area contributed by atoms with Crippen LogP contribution in [0.3, 0.4) is 0 Å². The Morgan fingerprint density at radius 2 is 1.56 bits per heavy atom. The summed E-state index contributed by atoms with van der Waals surface area (Å²) in [7, 11) is 3.33. The van der Waals surface area contributed by atoms with Gasteiger partial charge in [-0.25, -0.2) is 4.98 Å². The number of carbonyl (C=O) groups excluding carboxylic acids is 2. The second-order valence-electron chi connectivity index (χ2n) is 12.2. The number of halogens is 6. The largest absolute Gasteiger partial charge is 0.439 e. The maximum absolute atomic E-state index is 13.8. The second-order valence-corrected chi connectivity index (χ2v) is 12.2. The molecule has 1 aliphatic rings.